The van der Waals surface area contributed by atoms with Gasteiger partial charge in [0.2, 0.25) is 0 Å². The van der Waals surface area contributed by atoms with Crippen molar-refractivity contribution in [2.45, 2.75) is 18.6 Å². The van der Waals surface area contributed by atoms with Gasteiger partial charge in [-0.25, -0.2) is 4.79 Å². The molecule has 0 spiro atoms. The fourth-order valence-electron chi connectivity index (χ4n) is 2.31. The number of hydrogen-bond acceptors (Lipinski definition) is 3. The van der Waals surface area contributed by atoms with Crippen molar-refractivity contribution in [3.8, 4) is 0 Å². The number of hydrogen-bond donors (Lipinski definition) is 1. The van der Waals surface area contributed by atoms with Gasteiger partial charge in [0.15, 0.2) is 0 Å². The second-order valence-corrected chi connectivity index (χ2v) is 7.64. The molecule has 1 aromatic carbocycles. The van der Waals surface area contributed by atoms with Crippen LogP contribution >= 0.6 is 23.4 Å². The number of aliphatic carboxylic acids is 1. The van der Waals surface area contributed by atoms with Crippen LogP contribution in [0.4, 0.5) is 5.69 Å². The van der Waals surface area contributed by atoms with Gasteiger partial charge in [-0.1, -0.05) is 17.7 Å². The predicted molar refractivity (Wildman–Crippen MR) is 86.9 cm³/mol. The van der Waals surface area contributed by atoms with Crippen molar-refractivity contribution in [3.05, 3.63) is 34.9 Å². The summed E-state index contributed by atoms with van der Waals surface area (Å²) in [6, 6.07) is 5.57. The summed E-state index contributed by atoms with van der Waals surface area (Å²) in [5, 5.41) is 9.45. The molecule has 20 heavy (non-hydrogen) atoms. The highest BCUT2D eigenvalue weighted by atomic mass is 35.5. The molecule has 0 unspecified atom stereocenters. The average Bonchev–Trinajstić information content (AvgIpc) is 2.36. The quantitative estimate of drug-likeness (QED) is 0.863. The largest absolute Gasteiger partial charge is 0.478 e. The van der Waals surface area contributed by atoms with Crippen LogP contribution in [0.25, 0.3) is 6.08 Å². The number of benzene rings is 1. The van der Waals surface area contributed by atoms with Crippen molar-refractivity contribution in [2.75, 3.05) is 23.7 Å². The summed E-state index contributed by atoms with van der Waals surface area (Å²) in [6.07, 6.45) is 2.79. The SMILES string of the molecule is CC1(C)CN(c2cc(Cl)ccc2/C=C/C(=O)O)CCS1. The van der Waals surface area contributed by atoms with E-state index in [4.69, 9.17) is 16.7 Å². The lowest BCUT2D eigenvalue weighted by Gasteiger charge is -2.39. The Hall–Kier alpha value is -1.13. The topological polar surface area (TPSA) is 40.5 Å². The van der Waals surface area contributed by atoms with Crippen molar-refractivity contribution in [1.29, 1.82) is 0 Å². The molecular weight excluding hydrogens is 294 g/mol. The van der Waals surface area contributed by atoms with E-state index in [1.165, 1.54) is 0 Å². The van der Waals surface area contributed by atoms with Crippen LogP contribution in [-0.4, -0.2) is 34.7 Å². The maximum atomic E-state index is 10.7. The van der Waals surface area contributed by atoms with Crippen LogP contribution in [0.5, 0.6) is 0 Å². The van der Waals surface area contributed by atoms with Crippen LogP contribution in [0.2, 0.25) is 5.02 Å². The van der Waals surface area contributed by atoms with Crippen LogP contribution in [0.3, 0.4) is 0 Å². The zero-order valence-electron chi connectivity index (χ0n) is 11.6. The summed E-state index contributed by atoms with van der Waals surface area (Å²) in [5.41, 5.74) is 1.89. The third-order valence-corrected chi connectivity index (χ3v) is 4.70. The van der Waals surface area contributed by atoms with E-state index in [1.54, 1.807) is 12.1 Å². The lowest BCUT2D eigenvalue weighted by Crippen LogP contribution is -2.43. The van der Waals surface area contributed by atoms with Gasteiger partial charge >= 0.3 is 5.97 Å². The Balaban J connectivity index is 2.33. The molecule has 0 atom stereocenters. The molecule has 1 aliphatic heterocycles. The number of anilines is 1. The zero-order valence-corrected chi connectivity index (χ0v) is 13.2. The van der Waals surface area contributed by atoms with E-state index in [-0.39, 0.29) is 4.75 Å². The number of carboxylic acid groups (broad SMARTS) is 1. The molecule has 1 aromatic rings. The van der Waals surface area contributed by atoms with Crippen molar-refractivity contribution in [1.82, 2.24) is 0 Å². The van der Waals surface area contributed by atoms with Gasteiger partial charge in [0.25, 0.3) is 0 Å². The number of thioether (sulfide) groups is 1. The minimum absolute atomic E-state index is 0.189. The normalized spacial score (nSPS) is 18.4. The second kappa shape index (κ2) is 6.10. The summed E-state index contributed by atoms with van der Waals surface area (Å²) in [5.74, 6) is 0.113. The average molecular weight is 312 g/mol. The Morgan fingerprint density at radius 2 is 2.25 bits per heavy atom. The van der Waals surface area contributed by atoms with Gasteiger partial charge in [0.05, 0.1) is 0 Å². The third kappa shape index (κ3) is 3.93. The maximum absolute atomic E-state index is 10.7. The van der Waals surface area contributed by atoms with Crippen LogP contribution in [0.1, 0.15) is 19.4 Å². The van der Waals surface area contributed by atoms with E-state index in [0.29, 0.717) is 5.02 Å². The Morgan fingerprint density at radius 1 is 1.50 bits per heavy atom. The zero-order chi connectivity index (χ0) is 14.8. The molecular formula is C15H18ClNO2S. The van der Waals surface area contributed by atoms with Gasteiger partial charge < -0.3 is 10.0 Å². The third-order valence-electron chi connectivity index (χ3n) is 3.16. The van der Waals surface area contributed by atoms with Crippen molar-refractivity contribution < 1.29 is 9.90 Å². The van der Waals surface area contributed by atoms with Gasteiger partial charge in [-0.2, -0.15) is 11.8 Å². The number of nitrogens with zero attached hydrogens (tertiary/aromatic N) is 1. The molecule has 0 aliphatic carbocycles. The Kier molecular flexibility index (Phi) is 4.66. The molecule has 1 heterocycles. The second-order valence-electron chi connectivity index (χ2n) is 5.40. The van der Waals surface area contributed by atoms with E-state index in [9.17, 15) is 4.79 Å². The molecule has 5 heteroatoms. The van der Waals surface area contributed by atoms with Crippen molar-refractivity contribution >= 4 is 41.1 Å². The first-order chi connectivity index (χ1) is 9.37. The first-order valence-corrected chi connectivity index (χ1v) is 7.83. The fraction of sp³-hybridized carbons (Fsp3) is 0.400. The minimum Gasteiger partial charge on any atom is -0.478 e. The van der Waals surface area contributed by atoms with Gasteiger partial charge in [-0.05, 0) is 37.6 Å². The van der Waals surface area contributed by atoms with Crippen LogP contribution in [-0.2, 0) is 4.79 Å². The van der Waals surface area contributed by atoms with Gasteiger partial charge in [-0.15, -0.1) is 0 Å². The van der Waals surface area contributed by atoms with E-state index in [1.807, 2.05) is 23.9 Å². The van der Waals surface area contributed by atoms with E-state index in [2.05, 4.69) is 18.7 Å². The van der Waals surface area contributed by atoms with E-state index >= 15 is 0 Å². The van der Waals surface area contributed by atoms with E-state index < -0.39 is 5.97 Å². The standard InChI is InChI=1S/C15H18ClNO2S/c1-15(2)10-17(7-8-20-15)13-9-12(16)5-3-11(13)4-6-14(18)19/h3-6,9H,7-8,10H2,1-2H3,(H,18,19)/b6-4+. The molecule has 0 aromatic heterocycles. The molecule has 0 amide bonds. The highest BCUT2D eigenvalue weighted by Gasteiger charge is 2.28. The van der Waals surface area contributed by atoms with Gasteiger partial charge in [0, 0.05) is 40.4 Å². The molecule has 2 rings (SSSR count). The van der Waals surface area contributed by atoms with E-state index in [0.717, 1.165) is 36.2 Å². The lowest BCUT2D eigenvalue weighted by molar-refractivity contribution is -0.131. The van der Waals surface area contributed by atoms with Crippen LogP contribution < -0.4 is 4.90 Å². The molecule has 1 aliphatic rings. The Labute approximate surface area is 128 Å². The highest BCUT2D eigenvalue weighted by molar-refractivity contribution is 8.00. The Morgan fingerprint density at radius 3 is 2.90 bits per heavy atom. The summed E-state index contributed by atoms with van der Waals surface area (Å²) < 4.78 is 0.189. The fourth-order valence-corrected chi connectivity index (χ4v) is 3.59. The number of rotatable bonds is 3. The summed E-state index contributed by atoms with van der Waals surface area (Å²) in [4.78, 5) is 13.0. The van der Waals surface area contributed by atoms with Crippen molar-refractivity contribution in [3.63, 3.8) is 0 Å². The highest BCUT2D eigenvalue weighted by Crippen LogP contribution is 2.35. The molecule has 1 fully saturated rings. The van der Waals surface area contributed by atoms with Gasteiger partial charge in [0.1, 0.15) is 0 Å². The monoisotopic (exact) mass is 311 g/mol. The summed E-state index contributed by atoms with van der Waals surface area (Å²) in [7, 11) is 0. The molecule has 1 saturated heterocycles. The number of carbonyl (C=O) groups is 1. The molecule has 3 nitrogen and oxygen atoms in total. The molecule has 108 valence electrons. The molecule has 0 saturated carbocycles. The summed E-state index contributed by atoms with van der Waals surface area (Å²) in [6.45, 7) is 6.32. The maximum Gasteiger partial charge on any atom is 0.328 e. The van der Waals surface area contributed by atoms with Crippen LogP contribution in [0.15, 0.2) is 24.3 Å². The molecule has 1 N–H and O–H groups in total. The summed E-state index contributed by atoms with van der Waals surface area (Å²) >= 11 is 8.06. The molecule has 0 radical (unpaired) electrons. The first kappa shape index (κ1) is 15.3. The minimum atomic E-state index is -0.944. The predicted octanol–water partition coefficient (Wildman–Crippen LogP) is 3.77. The number of carboxylic acids is 1. The van der Waals surface area contributed by atoms with Gasteiger partial charge in [-0.3, -0.25) is 0 Å². The molecule has 0 bridgehead atoms. The lowest BCUT2D eigenvalue weighted by atomic mass is 10.1. The smallest absolute Gasteiger partial charge is 0.328 e. The first-order valence-electron chi connectivity index (χ1n) is 6.47. The number of halogens is 1. The van der Waals surface area contributed by atoms with Crippen LogP contribution in [0, 0.1) is 0 Å². The van der Waals surface area contributed by atoms with Crippen molar-refractivity contribution in [2.24, 2.45) is 0 Å². The Bertz CT molecular complexity index is 543.